The molecule has 0 fully saturated rings. The number of rotatable bonds is 6. The van der Waals surface area contributed by atoms with E-state index < -0.39 is 25.7 Å². The predicted molar refractivity (Wildman–Crippen MR) is 139 cm³/mol. The van der Waals surface area contributed by atoms with E-state index in [1.54, 1.807) is 25.1 Å². The minimum atomic E-state index is -1.98. The molecule has 4 nitrogen and oxygen atoms in total. The zero-order chi connectivity index (χ0) is 24.3. The number of hydrogen-bond acceptors (Lipinski definition) is 4. The SMILES string of the molecule is CC(=NCC(=O)[O-])c1cc(C)ccc1O.c1cc[c]([Sn+]([c]2ccccc2)[c]2ccccc2)cc1. The number of hydrogen-bond donors (Lipinski definition) is 1. The first kappa shape index (κ1) is 25.2. The second kappa shape index (κ2) is 12.8. The summed E-state index contributed by atoms with van der Waals surface area (Å²) in [5, 5.41) is 19.7. The van der Waals surface area contributed by atoms with Crippen LogP contribution in [0.3, 0.4) is 0 Å². The average Bonchev–Trinajstić information content (AvgIpc) is 2.86. The Balaban J connectivity index is 0.000000197. The van der Waals surface area contributed by atoms with Gasteiger partial charge in [-0.25, -0.2) is 0 Å². The van der Waals surface area contributed by atoms with Crippen molar-refractivity contribution in [3.05, 3.63) is 120 Å². The Morgan fingerprint density at radius 3 is 1.65 bits per heavy atom. The van der Waals surface area contributed by atoms with Crippen LogP contribution in [-0.2, 0) is 4.79 Å². The summed E-state index contributed by atoms with van der Waals surface area (Å²) in [6.07, 6.45) is 0. The Labute approximate surface area is 208 Å². The fourth-order valence-corrected chi connectivity index (χ4v) is 10.9. The van der Waals surface area contributed by atoms with Gasteiger partial charge in [0.05, 0.1) is 12.5 Å². The maximum atomic E-state index is 10.2. The third-order valence-corrected chi connectivity index (χ3v) is 13.0. The molecule has 0 bridgehead atoms. The molecule has 0 aromatic heterocycles. The van der Waals surface area contributed by atoms with Crippen molar-refractivity contribution in [3.8, 4) is 5.75 Å². The molecule has 4 aromatic carbocycles. The number of carboxylic acid groups (broad SMARTS) is 1. The van der Waals surface area contributed by atoms with Crippen LogP contribution in [0.2, 0.25) is 0 Å². The molecule has 0 aliphatic carbocycles. The van der Waals surface area contributed by atoms with Gasteiger partial charge in [0.2, 0.25) is 0 Å². The van der Waals surface area contributed by atoms with Crippen LogP contribution in [-0.4, -0.2) is 43.1 Å². The summed E-state index contributed by atoms with van der Waals surface area (Å²) in [6.45, 7) is 3.14. The van der Waals surface area contributed by atoms with Crippen LogP contribution in [0.1, 0.15) is 18.1 Å². The normalized spacial score (nSPS) is 10.7. The molecule has 5 heteroatoms. The molecule has 0 aliphatic heterocycles. The monoisotopic (exact) mass is 557 g/mol. The summed E-state index contributed by atoms with van der Waals surface area (Å²) in [7, 11) is 0. The number of phenols is 1. The Kier molecular flexibility index (Phi) is 9.47. The molecule has 4 aromatic rings. The van der Waals surface area contributed by atoms with Crippen LogP contribution in [0, 0.1) is 6.92 Å². The first-order valence-electron chi connectivity index (χ1n) is 11.0. The molecular weight excluding hydrogens is 529 g/mol. The van der Waals surface area contributed by atoms with Crippen molar-refractivity contribution in [1.82, 2.24) is 0 Å². The Hall–Kier alpha value is -3.38. The third-order valence-electron chi connectivity index (χ3n) is 5.17. The summed E-state index contributed by atoms with van der Waals surface area (Å²) >= 11 is -1.98. The van der Waals surface area contributed by atoms with Gasteiger partial charge in [-0.05, 0) is 26.0 Å². The molecular formula is C29H27NO3Sn. The van der Waals surface area contributed by atoms with Gasteiger partial charge >= 0.3 is 121 Å². The standard InChI is InChI=1S/C11H13NO3.3C6H5.Sn/c1-7-3-4-10(13)9(5-7)8(2)12-6-11(14)15;3*1-2-4-6-5-3-1;/h3-5,13H,6H2,1-2H3,(H,14,15);3*1-5H;/q;;;;+1/p-1. The predicted octanol–water partition coefficient (Wildman–Crippen LogP) is 2.46. The van der Waals surface area contributed by atoms with Gasteiger partial charge < -0.3 is 15.0 Å². The first-order valence-corrected chi connectivity index (χ1v) is 15.3. The molecule has 0 amide bonds. The van der Waals surface area contributed by atoms with E-state index >= 15 is 0 Å². The van der Waals surface area contributed by atoms with Crippen molar-refractivity contribution >= 4 is 42.2 Å². The molecule has 1 N–H and O–H groups in total. The summed E-state index contributed by atoms with van der Waals surface area (Å²) in [4.78, 5) is 14.0. The van der Waals surface area contributed by atoms with E-state index in [0.717, 1.165) is 5.56 Å². The van der Waals surface area contributed by atoms with Crippen molar-refractivity contribution in [2.45, 2.75) is 13.8 Å². The van der Waals surface area contributed by atoms with Crippen LogP contribution in [0.4, 0.5) is 0 Å². The zero-order valence-corrected chi connectivity index (χ0v) is 22.2. The van der Waals surface area contributed by atoms with Crippen molar-refractivity contribution in [3.63, 3.8) is 0 Å². The summed E-state index contributed by atoms with van der Waals surface area (Å²) < 4.78 is 4.59. The zero-order valence-electron chi connectivity index (χ0n) is 19.3. The van der Waals surface area contributed by atoms with Crippen LogP contribution in [0.15, 0.2) is 114 Å². The molecule has 4 rings (SSSR count). The first-order chi connectivity index (χ1) is 16.5. The van der Waals surface area contributed by atoms with E-state index in [0.29, 0.717) is 11.3 Å². The number of aryl methyl sites for hydroxylation is 1. The fourth-order valence-electron chi connectivity index (χ4n) is 3.52. The molecule has 0 radical (unpaired) electrons. The molecule has 0 aliphatic rings. The Morgan fingerprint density at radius 2 is 1.24 bits per heavy atom. The number of nitrogens with zero attached hydrogens (tertiary/aromatic N) is 1. The Bertz CT molecular complexity index is 1130. The molecule has 0 heterocycles. The number of carbonyl (C=O) groups excluding carboxylic acids is 1. The molecule has 170 valence electrons. The van der Waals surface area contributed by atoms with Gasteiger partial charge in [-0.1, -0.05) is 11.6 Å². The van der Waals surface area contributed by atoms with Crippen LogP contribution >= 0.6 is 0 Å². The number of aromatic hydroxyl groups is 1. The van der Waals surface area contributed by atoms with E-state index in [-0.39, 0.29) is 12.3 Å². The summed E-state index contributed by atoms with van der Waals surface area (Å²) in [6, 6.07) is 38.0. The van der Waals surface area contributed by atoms with Crippen molar-refractivity contribution < 1.29 is 15.0 Å². The minimum absolute atomic E-state index is 0.0974. The van der Waals surface area contributed by atoms with Gasteiger partial charge in [-0.2, -0.15) is 0 Å². The van der Waals surface area contributed by atoms with Crippen LogP contribution in [0.25, 0.3) is 0 Å². The van der Waals surface area contributed by atoms with E-state index in [1.165, 1.54) is 10.7 Å². The molecule has 34 heavy (non-hydrogen) atoms. The van der Waals surface area contributed by atoms with Gasteiger partial charge in [0, 0.05) is 11.3 Å². The van der Waals surface area contributed by atoms with Crippen LogP contribution < -0.4 is 15.8 Å². The molecule has 0 unspecified atom stereocenters. The second-order valence-corrected chi connectivity index (χ2v) is 14.9. The van der Waals surface area contributed by atoms with E-state index in [2.05, 4.69) is 96.0 Å². The number of carbonyl (C=O) groups is 1. The number of phenolic OH excluding ortho intramolecular Hbond substituents is 1. The van der Waals surface area contributed by atoms with Gasteiger partial charge in [-0.15, -0.1) is 0 Å². The molecule has 0 spiro atoms. The number of aliphatic imine (C=N–C) groups is 1. The summed E-state index contributed by atoms with van der Waals surface area (Å²) in [5.41, 5.74) is 2.02. The molecule has 0 saturated heterocycles. The van der Waals surface area contributed by atoms with E-state index in [4.69, 9.17) is 0 Å². The number of benzene rings is 4. The van der Waals surface area contributed by atoms with Gasteiger partial charge in [0.15, 0.2) is 0 Å². The molecule has 0 atom stereocenters. The quantitative estimate of drug-likeness (QED) is 0.293. The van der Waals surface area contributed by atoms with Gasteiger partial charge in [0.25, 0.3) is 0 Å². The van der Waals surface area contributed by atoms with Crippen molar-refractivity contribution in [2.24, 2.45) is 4.99 Å². The van der Waals surface area contributed by atoms with E-state index in [1.807, 2.05) is 6.92 Å². The number of aliphatic carboxylic acids is 1. The van der Waals surface area contributed by atoms with Gasteiger partial charge in [-0.3, -0.25) is 4.99 Å². The second-order valence-electron chi connectivity index (χ2n) is 7.77. The summed E-state index contributed by atoms with van der Waals surface area (Å²) in [5.74, 6) is -1.14. The third kappa shape index (κ3) is 7.32. The Morgan fingerprint density at radius 1 is 0.794 bits per heavy atom. The van der Waals surface area contributed by atoms with Gasteiger partial charge in [0.1, 0.15) is 5.75 Å². The maximum absolute atomic E-state index is 10.2. The van der Waals surface area contributed by atoms with E-state index in [9.17, 15) is 15.0 Å². The fraction of sp³-hybridized carbons (Fsp3) is 0.103. The van der Waals surface area contributed by atoms with Crippen molar-refractivity contribution in [1.29, 1.82) is 0 Å². The van der Waals surface area contributed by atoms with Crippen molar-refractivity contribution in [2.75, 3.05) is 6.54 Å². The topological polar surface area (TPSA) is 72.7 Å². The van der Waals surface area contributed by atoms with Crippen LogP contribution in [0.5, 0.6) is 5.75 Å². The average molecular weight is 556 g/mol. The molecule has 0 saturated carbocycles. The number of carboxylic acids is 1.